The lowest BCUT2D eigenvalue weighted by Gasteiger charge is -2.32. The molecule has 3 rings (SSSR count). The highest BCUT2D eigenvalue weighted by molar-refractivity contribution is 5.94. The van der Waals surface area contributed by atoms with E-state index in [4.69, 9.17) is 4.42 Å². The van der Waals surface area contributed by atoms with Crippen LogP contribution in [0.3, 0.4) is 0 Å². The SMILES string of the molecule is Cc1ccccc1C[NH+]1CCN(C(=O)CNC(=O)c2ccco2)CC1. The van der Waals surface area contributed by atoms with Crippen LogP contribution in [0.1, 0.15) is 21.7 Å². The van der Waals surface area contributed by atoms with Crippen molar-refractivity contribution < 1.29 is 18.9 Å². The highest BCUT2D eigenvalue weighted by Crippen LogP contribution is 2.05. The summed E-state index contributed by atoms with van der Waals surface area (Å²) in [4.78, 5) is 27.4. The second-order valence-corrected chi connectivity index (χ2v) is 6.39. The van der Waals surface area contributed by atoms with Crippen LogP contribution in [0.15, 0.2) is 47.1 Å². The van der Waals surface area contributed by atoms with Crippen LogP contribution < -0.4 is 10.2 Å². The van der Waals surface area contributed by atoms with E-state index >= 15 is 0 Å². The summed E-state index contributed by atoms with van der Waals surface area (Å²) < 4.78 is 5.01. The van der Waals surface area contributed by atoms with Crippen molar-refractivity contribution in [1.82, 2.24) is 10.2 Å². The normalized spacial score (nSPS) is 15.2. The van der Waals surface area contributed by atoms with E-state index in [0.717, 1.165) is 32.7 Å². The van der Waals surface area contributed by atoms with Gasteiger partial charge in [-0.1, -0.05) is 24.3 Å². The molecule has 6 nitrogen and oxygen atoms in total. The maximum Gasteiger partial charge on any atom is 0.287 e. The maximum atomic E-state index is 12.3. The van der Waals surface area contributed by atoms with Crippen molar-refractivity contribution >= 4 is 11.8 Å². The zero-order chi connectivity index (χ0) is 17.6. The third kappa shape index (κ3) is 4.48. The van der Waals surface area contributed by atoms with Crippen LogP contribution in [-0.2, 0) is 11.3 Å². The molecule has 0 bridgehead atoms. The molecular formula is C19H24N3O3+. The molecule has 1 aromatic heterocycles. The summed E-state index contributed by atoms with van der Waals surface area (Å²) >= 11 is 0. The number of carbonyl (C=O) groups is 2. The Morgan fingerprint density at radius 1 is 1.16 bits per heavy atom. The van der Waals surface area contributed by atoms with Gasteiger partial charge in [-0.15, -0.1) is 0 Å². The Labute approximate surface area is 147 Å². The van der Waals surface area contributed by atoms with Gasteiger partial charge in [-0.25, -0.2) is 0 Å². The summed E-state index contributed by atoms with van der Waals surface area (Å²) in [5.41, 5.74) is 2.68. The van der Waals surface area contributed by atoms with Crippen LogP contribution in [0, 0.1) is 6.92 Å². The molecule has 1 saturated heterocycles. The number of amides is 2. The number of quaternary nitrogens is 1. The lowest BCUT2D eigenvalue weighted by atomic mass is 10.1. The molecule has 25 heavy (non-hydrogen) atoms. The molecule has 1 aliphatic rings. The number of furan rings is 1. The number of hydrogen-bond acceptors (Lipinski definition) is 3. The summed E-state index contributed by atoms with van der Waals surface area (Å²) in [7, 11) is 0. The number of rotatable bonds is 5. The number of nitrogens with zero attached hydrogens (tertiary/aromatic N) is 1. The first-order valence-corrected chi connectivity index (χ1v) is 8.61. The zero-order valence-electron chi connectivity index (χ0n) is 14.5. The molecule has 6 heteroatoms. The smallest absolute Gasteiger partial charge is 0.287 e. The molecule has 0 aliphatic carbocycles. The Morgan fingerprint density at radius 2 is 1.92 bits per heavy atom. The Kier molecular flexibility index (Phi) is 5.50. The zero-order valence-corrected chi connectivity index (χ0v) is 14.5. The van der Waals surface area contributed by atoms with Crippen molar-refractivity contribution in [1.29, 1.82) is 0 Å². The Balaban J connectivity index is 1.43. The van der Waals surface area contributed by atoms with Gasteiger partial charge in [0.15, 0.2) is 5.76 Å². The van der Waals surface area contributed by atoms with Gasteiger partial charge in [0.1, 0.15) is 6.54 Å². The number of aryl methyl sites for hydroxylation is 1. The van der Waals surface area contributed by atoms with E-state index in [1.165, 1.54) is 22.3 Å². The van der Waals surface area contributed by atoms with Gasteiger partial charge in [-0.05, 0) is 24.6 Å². The molecule has 2 aromatic rings. The van der Waals surface area contributed by atoms with Gasteiger partial charge in [0, 0.05) is 5.56 Å². The molecule has 132 valence electrons. The monoisotopic (exact) mass is 342 g/mol. The van der Waals surface area contributed by atoms with Gasteiger partial charge < -0.3 is 19.5 Å². The summed E-state index contributed by atoms with van der Waals surface area (Å²) in [6.07, 6.45) is 1.44. The third-order valence-electron chi connectivity index (χ3n) is 4.67. The van der Waals surface area contributed by atoms with Gasteiger partial charge >= 0.3 is 0 Å². The molecule has 1 fully saturated rings. The molecule has 0 unspecified atom stereocenters. The van der Waals surface area contributed by atoms with Crippen LogP contribution >= 0.6 is 0 Å². The number of piperazine rings is 1. The standard InChI is InChI=1S/C19H23N3O3/c1-15-5-2-3-6-16(15)14-21-8-10-22(11-9-21)18(23)13-20-19(24)17-7-4-12-25-17/h2-7,12H,8-11,13-14H2,1H3,(H,20,24)/p+1. The van der Waals surface area contributed by atoms with E-state index in [-0.39, 0.29) is 24.1 Å². The van der Waals surface area contributed by atoms with Gasteiger partial charge in [-0.3, -0.25) is 9.59 Å². The van der Waals surface area contributed by atoms with E-state index in [1.54, 1.807) is 12.1 Å². The van der Waals surface area contributed by atoms with Gasteiger partial charge in [0.25, 0.3) is 5.91 Å². The predicted molar refractivity (Wildman–Crippen MR) is 93.2 cm³/mol. The number of hydrogen-bond donors (Lipinski definition) is 2. The summed E-state index contributed by atoms with van der Waals surface area (Å²) in [6, 6.07) is 11.7. The van der Waals surface area contributed by atoms with Crippen LogP contribution in [0.5, 0.6) is 0 Å². The van der Waals surface area contributed by atoms with Crippen molar-refractivity contribution in [2.24, 2.45) is 0 Å². The van der Waals surface area contributed by atoms with E-state index in [1.807, 2.05) is 4.90 Å². The Bertz CT molecular complexity index is 719. The number of benzene rings is 1. The van der Waals surface area contributed by atoms with Crippen molar-refractivity contribution in [3.05, 3.63) is 59.5 Å². The average Bonchev–Trinajstić information content (AvgIpc) is 3.17. The first-order valence-electron chi connectivity index (χ1n) is 8.61. The van der Waals surface area contributed by atoms with Crippen molar-refractivity contribution in [3.63, 3.8) is 0 Å². The van der Waals surface area contributed by atoms with Gasteiger partial charge in [0.05, 0.1) is 39.0 Å². The summed E-state index contributed by atoms with van der Waals surface area (Å²) in [5.74, 6) is -0.183. The molecule has 0 spiro atoms. The van der Waals surface area contributed by atoms with Crippen molar-refractivity contribution in [2.75, 3.05) is 32.7 Å². The molecule has 1 aliphatic heterocycles. The lowest BCUT2D eigenvalue weighted by Crippen LogP contribution is -3.13. The van der Waals surface area contributed by atoms with Crippen LogP contribution in [0.25, 0.3) is 0 Å². The molecule has 0 atom stereocenters. The fraction of sp³-hybridized carbons (Fsp3) is 0.368. The quantitative estimate of drug-likeness (QED) is 0.818. The van der Waals surface area contributed by atoms with E-state index in [0.29, 0.717) is 0 Å². The minimum Gasteiger partial charge on any atom is -0.459 e. The minimum atomic E-state index is -0.359. The van der Waals surface area contributed by atoms with E-state index < -0.39 is 0 Å². The minimum absolute atomic E-state index is 0.00661. The first-order chi connectivity index (χ1) is 12.1. The maximum absolute atomic E-state index is 12.3. The second-order valence-electron chi connectivity index (χ2n) is 6.39. The Morgan fingerprint density at radius 3 is 2.60 bits per heavy atom. The molecule has 2 heterocycles. The molecule has 2 amide bonds. The number of nitrogens with one attached hydrogen (secondary N) is 2. The van der Waals surface area contributed by atoms with Crippen molar-refractivity contribution in [3.8, 4) is 0 Å². The molecule has 1 aromatic carbocycles. The fourth-order valence-electron chi connectivity index (χ4n) is 3.09. The van der Waals surface area contributed by atoms with Crippen molar-refractivity contribution in [2.45, 2.75) is 13.5 Å². The van der Waals surface area contributed by atoms with E-state index in [2.05, 4.69) is 36.5 Å². The largest absolute Gasteiger partial charge is 0.459 e. The van der Waals surface area contributed by atoms with E-state index in [9.17, 15) is 9.59 Å². The lowest BCUT2D eigenvalue weighted by molar-refractivity contribution is -0.917. The predicted octanol–water partition coefficient (Wildman–Crippen LogP) is 0.245. The fourth-order valence-corrected chi connectivity index (χ4v) is 3.09. The van der Waals surface area contributed by atoms with Crippen LogP contribution in [-0.4, -0.2) is 49.4 Å². The highest BCUT2D eigenvalue weighted by atomic mass is 16.3. The molecule has 0 radical (unpaired) electrons. The first kappa shape index (κ1) is 17.2. The third-order valence-corrected chi connectivity index (χ3v) is 4.67. The number of carbonyl (C=O) groups excluding carboxylic acids is 2. The summed E-state index contributed by atoms with van der Waals surface area (Å²) in [6.45, 7) is 6.42. The Hall–Kier alpha value is -2.60. The topological polar surface area (TPSA) is 67.0 Å². The molecular weight excluding hydrogens is 318 g/mol. The van der Waals surface area contributed by atoms with Crippen LogP contribution in [0.4, 0.5) is 0 Å². The second kappa shape index (κ2) is 7.98. The molecule has 0 saturated carbocycles. The van der Waals surface area contributed by atoms with Crippen LogP contribution in [0.2, 0.25) is 0 Å². The molecule has 2 N–H and O–H groups in total. The highest BCUT2D eigenvalue weighted by Gasteiger charge is 2.24. The summed E-state index contributed by atoms with van der Waals surface area (Å²) in [5, 5.41) is 2.61. The van der Waals surface area contributed by atoms with Gasteiger partial charge in [-0.2, -0.15) is 0 Å². The van der Waals surface area contributed by atoms with Gasteiger partial charge in [0.2, 0.25) is 5.91 Å². The average molecular weight is 342 g/mol.